The number of hydrogen-bond acceptors (Lipinski definition) is 5. The number of ether oxygens (including phenoxy) is 3. The maximum atomic E-state index is 12.6. The van der Waals surface area contributed by atoms with Gasteiger partial charge in [-0.05, 0) is 12.1 Å². The Bertz CT molecular complexity index is 833. The van der Waals surface area contributed by atoms with Crippen LogP contribution in [-0.2, 0) is 11.2 Å². The second-order valence-electron chi connectivity index (χ2n) is 5.99. The number of carbonyl (C=O) groups is 2. The van der Waals surface area contributed by atoms with Crippen LogP contribution in [0.5, 0.6) is 17.2 Å². The average molecular weight is 372 g/mol. The van der Waals surface area contributed by atoms with Crippen molar-refractivity contribution >= 4 is 17.5 Å². The van der Waals surface area contributed by atoms with Crippen molar-refractivity contribution in [2.24, 2.45) is 0 Å². The van der Waals surface area contributed by atoms with Gasteiger partial charge in [0, 0.05) is 25.7 Å². The van der Waals surface area contributed by atoms with Crippen molar-refractivity contribution in [3.05, 3.63) is 47.5 Å². The maximum absolute atomic E-state index is 12.6. The Morgan fingerprint density at radius 2 is 1.52 bits per heavy atom. The smallest absolute Gasteiger partial charge is 0.255 e. The normalized spacial score (nSPS) is 10.1. The van der Waals surface area contributed by atoms with Gasteiger partial charge in [0.05, 0.1) is 39.0 Å². The van der Waals surface area contributed by atoms with Gasteiger partial charge in [0.15, 0.2) is 11.5 Å². The van der Waals surface area contributed by atoms with Crippen LogP contribution < -0.4 is 19.5 Å². The Kier molecular flexibility index (Phi) is 6.65. The van der Waals surface area contributed by atoms with Crippen molar-refractivity contribution in [1.82, 2.24) is 4.90 Å². The summed E-state index contributed by atoms with van der Waals surface area (Å²) in [6.45, 7) is 0. The summed E-state index contributed by atoms with van der Waals surface area (Å²) in [6, 6.07) is 10.4. The number of anilines is 1. The van der Waals surface area contributed by atoms with E-state index in [1.54, 1.807) is 39.4 Å². The molecule has 7 nitrogen and oxygen atoms in total. The van der Waals surface area contributed by atoms with Crippen molar-refractivity contribution in [3.8, 4) is 17.2 Å². The van der Waals surface area contributed by atoms with Crippen LogP contribution in [0.15, 0.2) is 36.4 Å². The van der Waals surface area contributed by atoms with Crippen LogP contribution in [0, 0.1) is 0 Å². The summed E-state index contributed by atoms with van der Waals surface area (Å²) in [6.07, 6.45) is 0.105. The van der Waals surface area contributed by atoms with Crippen molar-refractivity contribution in [1.29, 1.82) is 0 Å². The Balaban J connectivity index is 2.35. The molecule has 0 bridgehead atoms. The van der Waals surface area contributed by atoms with E-state index in [1.807, 2.05) is 18.2 Å². The highest BCUT2D eigenvalue weighted by atomic mass is 16.5. The van der Waals surface area contributed by atoms with Crippen molar-refractivity contribution < 1.29 is 23.8 Å². The summed E-state index contributed by atoms with van der Waals surface area (Å²) in [5, 5.41) is 2.79. The molecule has 2 rings (SSSR count). The van der Waals surface area contributed by atoms with Gasteiger partial charge in [-0.15, -0.1) is 0 Å². The van der Waals surface area contributed by atoms with E-state index in [0.717, 1.165) is 5.56 Å². The lowest BCUT2D eigenvalue weighted by Crippen LogP contribution is -2.24. The predicted octanol–water partition coefficient (Wildman–Crippen LogP) is 2.60. The molecule has 0 aromatic heterocycles. The third kappa shape index (κ3) is 4.69. The van der Waals surface area contributed by atoms with E-state index >= 15 is 0 Å². The van der Waals surface area contributed by atoms with Crippen LogP contribution in [0.1, 0.15) is 15.9 Å². The molecule has 0 atom stereocenters. The Morgan fingerprint density at radius 1 is 0.926 bits per heavy atom. The van der Waals surface area contributed by atoms with Crippen molar-refractivity contribution in [3.63, 3.8) is 0 Å². The number of nitrogens with zero attached hydrogens (tertiary/aromatic N) is 1. The quantitative estimate of drug-likeness (QED) is 0.808. The number of methoxy groups -OCH3 is 3. The van der Waals surface area contributed by atoms with Gasteiger partial charge in [0.25, 0.3) is 5.91 Å². The van der Waals surface area contributed by atoms with Crippen molar-refractivity contribution in [2.75, 3.05) is 40.7 Å². The number of amides is 2. The van der Waals surface area contributed by atoms with Gasteiger partial charge in [-0.25, -0.2) is 0 Å². The van der Waals surface area contributed by atoms with E-state index in [2.05, 4.69) is 5.32 Å². The standard InChI is InChI=1S/C20H24N2O5/c1-22(2)20(24)14-11-17(26-4)18(27-5)12-15(14)21-19(23)10-13-8-6-7-9-16(13)25-3/h6-9,11-12H,10H2,1-5H3,(H,21,23). The van der Waals surface area contributed by atoms with Crippen LogP contribution >= 0.6 is 0 Å². The van der Waals surface area contributed by atoms with Gasteiger partial charge < -0.3 is 24.4 Å². The first-order valence-corrected chi connectivity index (χ1v) is 8.30. The molecule has 0 saturated carbocycles. The Labute approximate surface area is 158 Å². The second kappa shape index (κ2) is 8.93. The molecule has 0 heterocycles. The van der Waals surface area contributed by atoms with E-state index in [9.17, 15) is 9.59 Å². The molecule has 7 heteroatoms. The summed E-state index contributed by atoms with van der Waals surface area (Å²) in [5.74, 6) is 0.915. The lowest BCUT2D eigenvalue weighted by Gasteiger charge is -2.18. The van der Waals surface area contributed by atoms with Crippen LogP contribution in [0.4, 0.5) is 5.69 Å². The highest BCUT2D eigenvalue weighted by molar-refractivity contribution is 6.04. The van der Waals surface area contributed by atoms with Gasteiger partial charge in [0.2, 0.25) is 5.91 Å². The minimum absolute atomic E-state index is 0.105. The molecule has 0 unspecified atom stereocenters. The van der Waals surface area contributed by atoms with Gasteiger partial charge >= 0.3 is 0 Å². The molecule has 0 radical (unpaired) electrons. The lowest BCUT2D eigenvalue weighted by molar-refractivity contribution is -0.115. The number of rotatable bonds is 7. The number of benzene rings is 2. The van der Waals surface area contributed by atoms with Crippen molar-refractivity contribution in [2.45, 2.75) is 6.42 Å². The van der Waals surface area contributed by atoms with Gasteiger partial charge in [0.1, 0.15) is 5.75 Å². The summed E-state index contributed by atoms with van der Waals surface area (Å²) in [4.78, 5) is 26.5. The summed E-state index contributed by atoms with van der Waals surface area (Å²) < 4.78 is 15.8. The maximum Gasteiger partial charge on any atom is 0.255 e. The number of carbonyl (C=O) groups excluding carboxylic acids is 2. The molecule has 0 aliphatic carbocycles. The zero-order chi connectivity index (χ0) is 20.0. The molecule has 27 heavy (non-hydrogen) atoms. The molecule has 144 valence electrons. The monoisotopic (exact) mass is 372 g/mol. The molecule has 0 fully saturated rings. The molecule has 0 saturated heterocycles. The minimum Gasteiger partial charge on any atom is -0.496 e. The zero-order valence-electron chi connectivity index (χ0n) is 16.2. The third-order valence-electron chi connectivity index (χ3n) is 3.98. The van der Waals surface area contributed by atoms with Crippen LogP contribution in [-0.4, -0.2) is 52.1 Å². The average Bonchev–Trinajstić information content (AvgIpc) is 2.67. The van der Waals surface area contributed by atoms with E-state index in [1.165, 1.54) is 19.1 Å². The minimum atomic E-state index is -0.278. The summed E-state index contributed by atoms with van der Waals surface area (Å²) in [5.41, 5.74) is 1.41. The molecular formula is C20H24N2O5. The van der Waals surface area contributed by atoms with Crippen LogP contribution in [0.25, 0.3) is 0 Å². The molecule has 2 amide bonds. The number of hydrogen-bond donors (Lipinski definition) is 1. The van der Waals surface area contributed by atoms with Gasteiger partial charge in [-0.3, -0.25) is 9.59 Å². The molecule has 1 N–H and O–H groups in total. The van der Waals surface area contributed by atoms with E-state index in [-0.39, 0.29) is 18.2 Å². The SMILES string of the molecule is COc1ccccc1CC(=O)Nc1cc(OC)c(OC)cc1C(=O)N(C)C. The highest BCUT2D eigenvalue weighted by Crippen LogP contribution is 2.34. The molecule has 2 aromatic rings. The second-order valence-corrected chi connectivity index (χ2v) is 5.99. The largest absolute Gasteiger partial charge is 0.496 e. The zero-order valence-corrected chi connectivity index (χ0v) is 16.2. The fourth-order valence-corrected chi connectivity index (χ4v) is 2.62. The molecule has 2 aromatic carbocycles. The van der Waals surface area contributed by atoms with Gasteiger partial charge in [-0.1, -0.05) is 18.2 Å². The van der Waals surface area contributed by atoms with E-state index < -0.39 is 0 Å². The topological polar surface area (TPSA) is 77.1 Å². The third-order valence-corrected chi connectivity index (χ3v) is 3.98. The Morgan fingerprint density at radius 3 is 2.11 bits per heavy atom. The molecule has 0 spiro atoms. The molecule has 0 aliphatic rings. The first kappa shape index (κ1) is 20.1. The van der Waals surface area contributed by atoms with Gasteiger partial charge in [-0.2, -0.15) is 0 Å². The Hall–Kier alpha value is -3.22. The van der Waals surface area contributed by atoms with E-state index in [4.69, 9.17) is 14.2 Å². The number of nitrogens with one attached hydrogen (secondary N) is 1. The lowest BCUT2D eigenvalue weighted by atomic mass is 10.1. The first-order chi connectivity index (χ1) is 12.9. The van der Waals surface area contributed by atoms with E-state index in [0.29, 0.717) is 28.5 Å². The summed E-state index contributed by atoms with van der Waals surface area (Å²) in [7, 11) is 7.81. The predicted molar refractivity (Wildman–Crippen MR) is 103 cm³/mol. The summed E-state index contributed by atoms with van der Waals surface area (Å²) >= 11 is 0. The van der Waals surface area contributed by atoms with Crippen LogP contribution in [0.2, 0.25) is 0 Å². The molecule has 0 aliphatic heterocycles. The first-order valence-electron chi connectivity index (χ1n) is 8.30. The highest BCUT2D eigenvalue weighted by Gasteiger charge is 2.20. The fraction of sp³-hybridized carbons (Fsp3) is 0.300. The number of para-hydroxylation sites is 1. The fourth-order valence-electron chi connectivity index (χ4n) is 2.62. The molecular weight excluding hydrogens is 348 g/mol. The van der Waals surface area contributed by atoms with Crippen LogP contribution in [0.3, 0.4) is 0 Å².